The van der Waals surface area contributed by atoms with Crippen molar-refractivity contribution in [3.8, 4) is 0 Å². The molecule has 1 aromatic carbocycles. The first kappa shape index (κ1) is 14.5. The molecule has 0 heterocycles. The van der Waals surface area contributed by atoms with Gasteiger partial charge in [0.2, 0.25) is 0 Å². The highest BCUT2D eigenvalue weighted by molar-refractivity contribution is 5.14. The summed E-state index contributed by atoms with van der Waals surface area (Å²) in [5.74, 6) is 0.893. The molecular formula is C17H28N2. The summed E-state index contributed by atoms with van der Waals surface area (Å²) in [6.45, 7) is 2.40. The maximum Gasteiger partial charge on any atom is 0.00928 e. The van der Waals surface area contributed by atoms with Crippen LogP contribution < -0.4 is 5.32 Å². The molecule has 1 N–H and O–H groups in total. The Morgan fingerprint density at radius 1 is 1.16 bits per heavy atom. The van der Waals surface area contributed by atoms with Crippen LogP contribution in [0, 0.1) is 5.92 Å². The molecule has 1 aliphatic rings. The van der Waals surface area contributed by atoms with Crippen LogP contribution in [0.5, 0.6) is 0 Å². The average molecular weight is 260 g/mol. The molecule has 2 unspecified atom stereocenters. The molecule has 2 heteroatoms. The molecule has 106 valence electrons. The fraction of sp³-hybridized carbons (Fsp3) is 0.647. The maximum atomic E-state index is 3.48. The lowest BCUT2D eigenvalue weighted by Crippen LogP contribution is -2.32. The summed E-state index contributed by atoms with van der Waals surface area (Å²) >= 11 is 0. The Hall–Kier alpha value is -0.860. The molecule has 0 spiro atoms. The van der Waals surface area contributed by atoms with Crippen molar-refractivity contribution < 1.29 is 0 Å². The number of benzene rings is 1. The Kier molecular flexibility index (Phi) is 5.87. The molecule has 1 saturated carbocycles. The quantitative estimate of drug-likeness (QED) is 0.811. The smallest absolute Gasteiger partial charge is 0.00928 e. The Balaban J connectivity index is 1.66. The van der Waals surface area contributed by atoms with E-state index in [2.05, 4.69) is 54.6 Å². The lowest BCUT2D eigenvalue weighted by atomic mass is 9.99. The molecule has 0 amide bonds. The summed E-state index contributed by atoms with van der Waals surface area (Å²) in [4.78, 5) is 2.48. The van der Waals surface area contributed by atoms with Crippen LogP contribution in [0.25, 0.3) is 0 Å². The van der Waals surface area contributed by atoms with Crippen LogP contribution in [0.1, 0.15) is 31.2 Å². The summed E-state index contributed by atoms with van der Waals surface area (Å²) in [6.07, 6.45) is 6.70. The Morgan fingerprint density at radius 2 is 1.95 bits per heavy atom. The first-order valence-electron chi connectivity index (χ1n) is 7.69. The number of likely N-dealkylation sites (N-methyl/N-ethyl adjacent to an activating group) is 1. The van der Waals surface area contributed by atoms with E-state index in [0.717, 1.165) is 18.4 Å². The number of nitrogens with zero attached hydrogens (tertiary/aromatic N) is 1. The topological polar surface area (TPSA) is 15.3 Å². The zero-order valence-corrected chi connectivity index (χ0v) is 12.4. The third-order valence-corrected chi connectivity index (χ3v) is 4.54. The standard InChI is InChI=1S/C17H28N2/c1-18-17-10-6-9-16(17)12-14-19(2)13-11-15-7-4-3-5-8-15/h3-5,7-8,16-18H,6,9-14H2,1-2H3. The minimum atomic E-state index is 0.766. The van der Waals surface area contributed by atoms with Crippen molar-refractivity contribution >= 4 is 0 Å². The number of hydrogen-bond donors (Lipinski definition) is 1. The van der Waals surface area contributed by atoms with Gasteiger partial charge in [0.05, 0.1) is 0 Å². The first-order valence-corrected chi connectivity index (χ1v) is 7.69. The minimum Gasteiger partial charge on any atom is -0.317 e. The number of hydrogen-bond acceptors (Lipinski definition) is 2. The zero-order valence-electron chi connectivity index (χ0n) is 12.4. The molecule has 1 aromatic rings. The summed E-state index contributed by atoms with van der Waals surface area (Å²) in [6, 6.07) is 11.6. The van der Waals surface area contributed by atoms with Gasteiger partial charge in [-0.3, -0.25) is 0 Å². The molecular weight excluding hydrogens is 232 g/mol. The van der Waals surface area contributed by atoms with E-state index in [1.54, 1.807) is 0 Å². The highest BCUT2D eigenvalue weighted by Gasteiger charge is 2.25. The van der Waals surface area contributed by atoms with Gasteiger partial charge < -0.3 is 10.2 Å². The van der Waals surface area contributed by atoms with E-state index in [4.69, 9.17) is 0 Å². The van der Waals surface area contributed by atoms with Gasteiger partial charge in [0.15, 0.2) is 0 Å². The summed E-state index contributed by atoms with van der Waals surface area (Å²) in [5.41, 5.74) is 1.45. The molecule has 2 rings (SSSR count). The summed E-state index contributed by atoms with van der Waals surface area (Å²) in [7, 11) is 4.37. The highest BCUT2D eigenvalue weighted by Crippen LogP contribution is 2.28. The van der Waals surface area contributed by atoms with Crippen LogP contribution in [0.2, 0.25) is 0 Å². The fourth-order valence-electron chi connectivity index (χ4n) is 3.23. The molecule has 0 saturated heterocycles. The Bertz CT molecular complexity index is 350. The van der Waals surface area contributed by atoms with Crippen LogP contribution in [-0.2, 0) is 6.42 Å². The van der Waals surface area contributed by atoms with Gasteiger partial charge in [0, 0.05) is 12.6 Å². The molecule has 1 aliphatic carbocycles. The second-order valence-electron chi connectivity index (χ2n) is 5.91. The van der Waals surface area contributed by atoms with E-state index in [-0.39, 0.29) is 0 Å². The maximum absolute atomic E-state index is 3.48. The molecule has 1 fully saturated rings. The second-order valence-corrected chi connectivity index (χ2v) is 5.91. The monoisotopic (exact) mass is 260 g/mol. The van der Waals surface area contributed by atoms with E-state index >= 15 is 0 Å². The van der Waals surface area contributed by atoms with Crippen LogP contribution >= 0.6 is 0 Å². The third-order valence-electron chi connectivity index (χ3n) is 4.54. The predicted octanol–water partition coefficient (Wildman–Crippen LogP) is 2.94. The van der Waals surface area contributed by atoms with Crippen LogP contribution in [-0.4, -0.2) is 38.1 Å². The van der Waals surface area contributed by atoms with Crippen molar-refractivity contribution in [1.82, 2.24) is 10.2 Å². The van der Waals surface area contributed by atoms with Gasteiger partial charge in [-0.15, -0.1) is 0 Å². The molecule has 0 aromatic heterocycles. The van der Waals surface area contributed by atoms with E-state index < -0.39 is 0 Å². The van der Waals surface area contributed by atoms with Gasteiger partial charge in [0.1, 0.15) is 0 Å². The van der Waals surface area contributed by atoms with Gasteiger partial charge >= 0.3 is 0 Å². The Labute approximate surface area is 118 Å². The van der Waals surface area contributed by atoms with Gasteiger partial charge in [-0.05, 0) is 57.8 Å². The SMILES string of the molecule is CNC1CCCC1CCN(C)CCc1ccccc1. The first-order chi connectivity index (χ1) is 9.29. The van der Waals surface area contributed by atoms with Crippen molar-refractivity contribution in [2.45, 2.75) is 38.1 Å². The lowest BCUT2D eigenvalue weighted by Gasteiger charge is -2.23. The third kappa shape index (κ3) is 4.63. The lowest BCUT2D eigenvalue weighted by molar-refractivity contribution is 0.286. The van der Waals surface area contributed by atoms with Gasteiger partial charge in [-0.1, -0.05) is 36.8 Å². The average Bonchev–Trinajstić information content (AvgIpc) is 2.91. The normalized spacial score (nSPS) is 23.1. The highest BCUT2D eigenvalue weighted by atomic mass is 15.1. The molecule has 19 heavy (non-hydrogen) atoms. The predicted molar refractivity (Wildman–Crippen MR) is 82.4 cm³/mol. The molecule has 0 aliphatic heterocycles. The van der Waals surface area contributed by atoms with Gasteiger partial charge in [-0.2, -0.15) is 0 Å². The fourth-order valence-corrected chi connectivity index (χ4v) is 3.23. The van der Waals surface area contributed by atoms with Crippen molar-refractivity contribution in [1.29, 1.82) is 0 Å². The van der Waals surface area contributed by atoms with E-state index in [9.17, 15) is 0 Å². The Morgan fingerprint density at radius 3 is 2.68 bits per heavy atom. The van der Waals surface area contributed by atoms with E-state index in [1.807, 2.05) is 0 Å². The van der Waals surface area contributed by atoms with Crippen LogP contribution in [0.3, 0.4) is 0 Å². The summed E-state index contributed by atoms with van der Waals surface area (Å²) in [5, 5.41) is 3.48. The molecule has 2 nitrogen and oxygen atoms in total. The van der Waals surface area contributed by atoms with Crippen LogP contribution in [0.15, 0.2) is 30.3 Å². The van der Waals surface area contributed by atoms with E-state index in [0.29, 0.717) is 0 Å². The zero-order chi connectivity index (χ0) is 13.5. The van der Waals surface area contributed by atoms with Crippen molar-refractivity contribution in [3.05, 3.63) is 35.9 Å². The largest absolute Gasteiger partial charge is 0.317 e. The number of rotatable bonds is 7. The minimum absolute atomic E-state index is 0.766. The number of nitrogens with one attached hydrogen (secondary N) is 1. The molecule has 0 radical (unpaired) electrons. The summed E-state index contributed by atoms with van der Waals surface area (Å²) < 4.78 is 0. The van der Waals surface area contributed by atoms with Crippen molar-refractivity contribution in [2.24, 2.45) is 5.92 Å². The van der Waals surface area contributed by atoms with Crippen molar-refractivity contribution in [3.63, 3.8) is 0 Å². The van der Waals surface area contributed by atoms with Gasteiger partial charge in [-0.25, -0.2) is 0 Å². The van der Waals surface area contributed by atoms with Crippen LogP contribution in [0.4, 0.5) is 0 Å². The molecule has 0 bridgehead atoms. The molecule has 2 atom stereocenters. The van der Waals surface area contributed by atoms with Crippen molar-refractivity contribution in [2.75, 3.05) is 27.2 Å². The van der Waals surface area contributed by atoms with Gasteiger partial charge in [0.25, 0.3) is 0 Å². The van der Waals surface area contributed by atoms with E-state index in [1.165, 1.54) is 44.3 Å². The second kappa shape index (κ2) is 7.66.